The molecule has 55 heavy (non-hydrogen) atoms. The van der Waals surface area contributed by atoms with E-state index in [2.05, 4.69) is 16.0 Å². The summed E-state index contributed by atoms with van der Waals surface area (Å²) < 4.78 is 34.0. The molecule has 12 nitrogen and oxygen atoms in total. The van der Waals surface area contributed by atoms with Crippen molar-refractivity contribution in [1.29, 1.82) is 0 Å². The predicted octanol–water partition coefficient (Wildman–Crippen LogP) is 4.23. The first-order valence-electron chi connectivity index (χ1n) is 19.8. The Labute approximate surface area is 329 Å². The molecule has 4 amide bonds. The zero-order chi connectivity index (χ0) is 40.7. The van der Waals surface area contributed by atoms with Crippen LogP contribution in [-0.4, -0.2) is 112 Å². The number of likely N-dealkylation sites (N-methyl/N-ethyl adjacent to an activating group) is 2. The fourth-order valence-corrected chi connectivity index (χ4v) is 9.30. The summed E-state index contributed by atoms with van der Waals surface area (Å²) in [5, 5.41) is 7.47. The average molecular weight is 784 g/mol. The molecule has 306 valence electrons. The topological polar surface area (TPSA) is 154 Å². The van der Waals surface area contributed by atoms with Crippen LogP contribution in [0.15, 0.2) is 65.6 Å². The van der Waals surface area contributed by atoms with Gasteiger partial charge in [0.2, 0.25) is 23.6 Å². The maximum absolute atomic E-state index is 14.1. The minimum atomic E-state index is -4.08. The summed E-state index contributed by atoms with van der Waals surface area (Å²) in [6.07, 6.45) is 2.07. The van der Waals surface area contributed by atoms with Crippen molar-refractivity contribution in [1.82, 2.24) is 25.8 Å². The molecule has 0 aliphatic carbocycles. The molecule has 2 aromatic carbocycles. The summed E-state index contributed by atoms with van der Waals surface area (Å²) in [4.78, 5) is 57.6. The Kier molecular flexibility index (Phi) is 18.3. The highest BCUT2D eigenvalue weighted by Gasteiger charge is 2.41. The lowest BCUT2D eigenvalue weighted by Crippen LogP contribution is -2.52. The zero-order valence-electron chi connectivity index (χ0n) is 34.1. The van der Waals surface area contributed by atoms with Crippen molar-refractivity contribution < 1.29 is 32.3 Å². The van der Waals surface area contributed by atoms with Gasteiger partial charge in [-0.3, -0.25) is 19.2 Å². The lowest BCUT2D eigenvalue weighted by atomic mass is 9.90. The lowest BCUT2D eigenvalue weighted by molar-refractivity contribution is -0.143. The molecule has 0 aromatic heterocycles. The Morgan fingerprint density at radius 2 is 1.56 bits per heavy atom. The number of hydrogen-bond acceptors (Lipinski definition) is 8. The van der Waals surface area contributed by atoms with Gasteiger partial charge in [-0.05, 0) is 68.2 Å². The Bertz CT molecular complexity index is 1630. The third kappa shape index (κ3) is 12.9. The Morgan fingerprint density at radius 3 is 2.15 bits per heavy atom. The van der Waals surface area contributed by atoms with E-state index in [9.17, 15) is 27.6 Å². The Hall–Kier alpha value is -3.81. The van der Waals surface area contributed by atoms with Gasteiger partial charge >= 0.3 is 0 Å². The number of carbonyl (C=O) groups is 4. The van der Waals surface area contributed by atoms with Crippen LogP contribution in [0.1, 0.15) is 78.7 Å². The fraction of sp³-hybridized carbons (Fsp3) is 0.619. The maximum atomic E-state index is 14.1. The van der Waals surface area contributed by atoms with Crippen molar-refractivity contribution in [2.45, 2.75) is 114 Å². The van der Waals surface area contributed by atoms with Gasteiger partial charge in [0.15, 0.2) is 9.84 Å². The van der Waals surface area contributed by atoms with Gasteiger partial charge in [0.1, 0.15) is 5.25 Å². The first-order valence-corrected chi connectivity index (χ1v) is 21.3. The van der Waals surface area contributed by atoms with E-state index in [0.29, 0.717) is 32.4 Å². The zero-order valence-corrected chi connectivity index (χ0v) is 34.9. The van der Waals surface area contributed by atoms with Crippen molar-refractivity contribution in [3.63, 3.8) is 0 Å². The Balaban J connectivity index is 1.74. The number of carbonyl (C=O) groups excluding carboxylic acids is 4. The highest BCUT2D eigenvalue weighted by molar-refractivity contribution is 7.92. The maximum Gasteiger partial charge on any atom is 0.238 e. The molecule has 3 rings (SSSR count). The van der Waals surface area contributed by atoms with Crippen molar-refractivity contribution in [2.24, 2.45) is 17.8 Å². The first-order chi connectivity index (χ1) is 26.2. The molecule has 1 fully saturated rings. The second-order valence-electron chi connectivity index (χ2n) is 15.4. The van der Waals surface area contributed by atoms with Gasteiger partial charge in [0.25, 0.3) is 0 Å². The van der Waals surface area contributed by atoms with Gasteiger partial charge in [0.05, 0.1) is 29.5 Å². The van der Waals surface area contributed by atoms with Crippen molar-refractivity contribution in [2.75, 3.05) is 40.8 Å². The minimum Gasteiger partial charge on any atom is -0.379 e. The van der Waals surface area contributed by atoms with E-state index in [4.69, 9.17) is 4.74 Å². The van der Waals surface area contributed by atoms with E-state index in [1.54, 1.807) is 49.2 Å². The Morgan fingerprint density at radius 1 is 0.927 bits per heavy atom. The number of benzene rings is 2. The minimum absolute atomic E-state index is 0.00140. The summed E-state index contributed by atoms with van der Waals surface area (Å²) >= 11 is 0. The smallest absolute Gasteiger partial charge is 0.238 e. The third-order valence-corrected chi connectivity index (χ3v) is 13.1. The number of methoxy groups -OCH3 is 1. The van der Waals surface area contributed by atoms with E-state index in [1.165, 1.54) is 12.1 Å². The van der Waals surface area contributed by atoms with Gasteiger partial charge in [-0.1, -0.05) is 89.6 Å². The van der Waals surface area contributed by atoms with E-state index >= 15 is 0 Å². The monoisotopic (exact) mass is 783 g/mol. The van der Waals surface area contributed by atoms with Gasteiger partial charge in [0, 0.05) is 46.3 Å². The third-order valence-electron chi connectivity index (χ3n) is 11.0. The molecule has 0 spiro atoms. The summed E-state index contributed by atoms with van der Waals surface area (Å²) in [7, 11) is 0.953. The SMILES string of the molecule is CCC(C)C(C(CC(=O)N1CCCC1CC(C(=O)NCCc1ccccc1)S(=O)(=O)c1ccccc1)OC)N(C)C(=O)CC(C)CNC(=O)C(NC)C(C)C. The molecule has 0 saturated carbocycles. The van der Waals surface area contributed by atoms with Gasteiger partial charge in [-0.15, -0.1) is 0 Å². The van der Waals surface area contributed by atoms with E-state index in [-0.39, 0.29) is 72.2 Å². The van der Waals surface area contributed by atoms with Crippen molar-refractivity contribution >= 4 is 33.5 Å². The number of hydrogen-bond donors (Lipinski definition) is 3. The molecule has 7 atom stereocenters. The quantitative estimate of drug-likeness (QED) is 0.161. The largest absolute Gasteiger partial charge is 0.379 e. The molecule has 0 radical (unpaired) electrons. The van der Waals surface area contributed by atoms with Crippen LogP contribution in [0.3, 0.4) is 0 Å². The molecule has 1 aliphatic rings. The van der Waals surface area contributed by atoms with Crippen LogP contribution in [0.5, 0.6) is 0 Å². The van der Waals surface area contributed by atoms with Crippen LogP contribution < -0.4 is 16.0 Å². The highest BCUT2D eigenvalue weighted by atomic mass is 32.2. The second kappa shape index (κ2) is 22.1. The molecule has 0 bridgehead atoms. The van der Waals surface area contributed by atoms with Crippen LogP contribution in [0.4, 0.5) is 0 Å². The van der Waals surface area contributed by atoms with E-state index in [0.717, 1.165) is 12.0 Å². The van der Waals surface area contributed by atoms with E-state index in [1.807, 2.05) is 65.0 Å². The van der Waals surface area contributed by atoms with E-state index < -0.39 is 39.2 Å². The molecular weight excluding hydrogens is 719 g/mol. The molecule has 3 N–H and O–H groups in total. The molecule has 1 heterocycles. The average Bonchev–Trinajstić information content (AvgIpc) is 3.65. The highest BCUT2D eigenvalue weighted by Crippen LogP contribution is 2.30. The number of ether oxygens (including phenoxy) is 1. The number of likely N-dealkylation sites (tertiary alicyclic amines) is 1. The summed E-state index contributed by atoms with van der Waals surface area (Å²) in [5.41, 5.74) is 1.02. The number of rotatable bonds is 22. The molecule has 1 aliphatic heterocycles. The number of nitrogens with one attached hydrogen (secondary N) is 3. The molecule has 2 aromatic rings. The fourth-order valence-electron chi connectivity index (χ4n) is 7.60. The normalized spacial score (nSPS) is 17.8. The molecule has 13 heteroatoms. The predicted molar refractivity (Wildman–Crippen MR) is 216 cm³/mol. The summed E-state index contributed by atoms with van der Waals surface area (Å²) in [6.45, 7) is 11.0. The van der Waals surface area contributed by atoms with Crippen molar-refractivity contribution in [3.05, 3.63) is 66.2 Å². The molecular formula is C42H65N5O7S. The standard InChI is InChI=1S/C42H65N5O7S/c1-9-31(5)40(46(7)37(48)25-30(4)28-45-42(51)39(43-6)29(2)3)35(54-8)27-38(49)47-24-16-19-33(47)26-36(55(52,53)34-20-14-11-15-21-34)41(50)44-23-22-32-17-12-10-13-18-32/h10-15,17-18,20-21,29-31,33,35-36,39-40,43H,9,16,19,22-28H2,1-8H3,(H,44,50)(H,45,51). The van der Waals surface area contributed by atoms with Crippen LogP contribution in [-0.2, 0) is 40.2 Å². The van der Waals surface area contributed by atoms with Gasteiger partial charge < -0.3 is 30.5 Å². The molecule has 7 unspecified atom stereocenters. The number of nitrogens with zero attached hydrogens (tertiary/aromatic N) is 2. The summed E-state index contributed by atoms with van der Waals surface area (Å²) in [6, 6.07) is 16.4. The number of amides is 4. The van der Waals surface area contributed by atoms with Crippen LogP contribution in [0.2, 0.25) is 0 Å². The first kappa shape index (κ1) is 45.6. The molecule has 1 saturated heterocycles. The van der Waals surface area contributed by atoms with Crippen molar-refractivity contribution in [3.8, 4) is 0 Å². The number of sulfone groups is 1. The van der Waals surface area contributed by atoms with Gasteiger partial charge in [-0.2, -0.15) is 0 Å². The second-order valence-corrected chi connectivity index (χ2v) is 17.5. The van der Waals surface area contributed by atoms with Crippen LogP contribution in [0, 0.1) is 17.8 Å². The lowest BCUT2D eigenvalue weighted by Gasteiger charge is -2.39. The van der Waals surface area contributed by atoms with Crippen LogP contribution >= 0.6 is 0 Å². The summed E-state index contributed by atoms with van der Waals surface area (Å²) in [5.74, 6) is -1.00. The van der Waals surface area contributed by atoms with Gasteiger partial charge in [-0.25, -0.2) is 8.42 Å². The van der Waals surface area contributed by atoms with Crippen LogP contribution in [0.25, 0.3) is 0 Å².